The molecule has 1 saturated heterocycles. The summed E-state index contributed by atoms with van der Waals surface area (Å²) in [6.45, 7) is 3.46. The average Bonchev–Trinajstić information content (AvgIpc) is 2.73. The van der Waals surface area contributed by atoms with Crippen molar-refractivity contribution in [3.8, 4) is 0 Å². The third-order valence-corrected chi connectivity index (χ3v) is 5.61. The highest BCUT2D eigenvalue weighted by atomic mass is 19.4. The molecule has 4 nitrogen and oxygen atoms in total. The van der Waals surface area contributed by atoms with Crippen LogP contribution < -0.4 is 5.32 Å². The van der Waals surface area contributed by atoms with Crippen LogP contribution >= 0.6 is 0 Å². The molecule has 0 spiro atoms. The summed E-state index contributed by atoms with van der Waals surface area (Å²) in [5.41, 5.74) is 0.684. The molecule has 0 saturated carbocycles. The van der Waals surface area contributed by atoms with E-state index in [0.29, 0.717) is 18.4 Å². The van der Waals surface area contributed by atoms with Gasteiger partial charge >= 0.3 is 6.18 Å². The predicted octanol–water partition coefficient (Wildman–Crippen LogP) is 4.88. The number of piperidine rings is 1. The van der Waals surface area contributed by atoms with Crippen LogP contribution in [0.15, 0.2) is 54.6 Å². The number of alkyl halides is 3. The lowest BCUT2D eigenvalue weighted by molar-refractivity contribution is -0.137. The first-order valence-electron chi connectivity index (χ1n) is 9.96. The van der Waals surface area contributed by atoms with Gasteiger partial charge in [-0.1, -0.05) is 42.5 Å². The number of carbonyl (C=O) groups is 2. The number of likely N-dealkylation sites (tertiary alicyclic amines) is 1. The molecule has 0 bridgehead atoms. The normalized spacial score (nSPS) is 20.5. The highest BCUT2D eigenvalue weighted by Crippen LogP contribution is 2.37. The molecular formula is C23H25F3N2O2. The molecule has 3 atom stereocenters. The fourth-order valence-corrected chi connectivity index (χ4v) is 3.96. The summed E-state index contributed by atoms with van der Waals surface area (Å²) in [4.78, 5) is 26.5. The van der Waals surface area contributed by atoms with E-state index in [4.69, 9.17) is 0 Å². The molecule has 2 aromatic carbocycles. The molecule has 1 fully saturated rings. The molecule has 3 rings (SSSR count). The van der Waals surface area contributed by atoms with Crippen LogP contribution in [0.4, 0.5) is 13.2 Å². The van der Waals surface area contributed by atoms with Gasteiger partial charge < -0.3 is 10.2 Å². The maximum Gasteiger partial charge on any atom is 0.416 e. The molecule has 1 aliphatic heterocycles. The smallest absolute Gasteiger partial charge is 0.349 e. The van der Waals surface area contributed by atoms with Gasteiger partial charge in [-0.3, -0.25) is 9.59 Å². The molecule has 1 heterocycles. The standard InChI is InChI=1S/C23H25F3N2O2/c1-15(17-7-4-3-5-8-17)27-22(30)19-11-12-21(28(14-19)16(2)29)18-9-6-10-20(13-18)23(24,25)26/h3-10,13,15,19,21H,11-12,14H2,1-2H3,(H,27,30)/t15-,19+,21+/m0/s1. The minimum absolute atomic E-state index is 0.153. The third kappa shape index (κ3) is 5.01. The van der Waals surface area contributed by atoms with Crippen molar-refractivity contribution in [1.29, 1.82) is 0 Å². The van der Waals surface area contributed by atoms with Crippen LogP contribution in [0.1, 0.15) is 55.5 Å². The summed E-state index contributed by atoms with van der Waals surface area (Å²) in [6.07, 6.45) is -3.52. The number of benzene rings is 2. The van der Waals surface area contributed by atoms with Gasteiger partial charge in [-0.05, 0) is 43.0 Å². The number of nitrogens with one attached hydrogen (secondary N) is 1. The average molecular weight is 418 g/mol. The van der Waals surface area contributed by atoms with Crippen LogP contribution in [-0.2, 0) is 15.8 Å². The number of halogens is 3. The summed E-state index contributed by atoms with van der Waals surface area (Å²) in [6, 6.07) is 14.0. The Morgan fingerprint density at radius 1 is 1.07 bits per heavy atom. The van der Waals surface area contributed by atoms with Crippen LogP contribution in [0.5, 0.6) is 0 Å². The highest BCUT2D eigenvalue weighted by molar-refractivity contribution is 5.81. The van der Waals surface area contributed by atoms with Crippen molar-refractivity contribution < 1.29 is 22.8 Å². The van der Waals surface area contributed by atoms with E-state index in [2.05, 4.69) is 5.32 Å². The molecule has 7 heteroatoms. The number of hydrogen-bond donors (Lipinski definition) is 1. The van der Waals surface area contributed by atoms with Gasteiger partial charge in [0, 0.05) is 13.5 Å². The molecule has 2 aromatic rings. The van der Waals surface area contributed by atoms with Crippen molar-refractivity contribution in [2.75, 3.05) is 6.54 Å². The third-order valence-electron chi connectivity index (χ3n) is 5.61. The Hall–Kier alpha value is -2.83. The van der Waals surface area contributed by atoms with Crippen LogP contribution in [0.25, 0.3) is 0 Å². The Labute approximate surface area is 174 Å². The molecular weight excluding hydrogens is 393 g/mol. The summed E-state index contributed by atoms with van der Waals surface area (Å²) in [5, 5.41) is 2.98. The van der Waals surface area contributed by atoms with E-state index < -0.39 is 23.7 Å². The maximum atomic E-state index is 13.1. The number of amides is 2. The molecule has 2 amide bonds. The van der Waals surface area contributed by atoms with Crippen LogP contribution in [0.2, 0.25) is 0 Å². The molecule has 1 N–H and O–H groups in total. The Bertz CT molecular complexity index is 899. The van der Waals surface area contributed by atoms with Crippen molar-refractivity contribution in [1.82, 2.24) is 10.2 Å². The van der Waals surface area contributed by atoms with Crippen molar-refractivity contribution >= 4 is 11.8 Å². The number of hydrogen-bond acceptors (Lipinski definition) is 2. The van der Waals surface area contributed by atoms with E-state index in [1.165, 1.54) is 17.9 Å². The number of nitrogens with zero attached hydrogens (tertiary/aromatic N) is 1. The highest BCUT2D eigenvalue weighted by Gasteiger charge is 2.36. The summed E-state index contributed by atoms with van der Waals surface area (Å²) < 4.78 is 39.3. The second-order valence-corrected chi connectivity index (χ2v) is 7.73. The van der Waals surface area contributed by atoms with Gasteiger partial charge in [0.15, 0.2) is 0 Å². The Balaban J connectivity index is 1.73. The zero-order valence-electron chi connectivity index (χ0n) is 16.9. The first-order valence-corrected chi connectivity index (χ1v) is 9.96. The molecule has 1 aliphatic rings. The summed E-state index contributed by atoms with van der Waals surface area (Å²) in [5.74, 6) is -0.812. The van der Waals surface area contributed by atoms with Crippen molar-refractivity contribution in [3.63, 3.8) is 0 Å². The van der Waals surface area contributed by atoms with Crippen LogP contribution in [0, 0.1) is 5.92 Å². The minimum Gasteiger partial charge on any atom is -0.349 e. The number of rotatable bonds is 4. The van der Waals surface area contributed by atoms with Crippen molar-refractivity contribution in [2.45, 2.75) is 44.9 Å². The fourth-order valence-electron chi connectivity index (χ4n) is 3.96. The zero-order valence-corrected chi connectivity index (χ0v) is 16.9. The molecule has 0 aromatic heterocycles. The van der Waals surface area contributed by atoms with Crippen molar-refractivity contribution in [3.05, 3.63) is 71.3 Å². The first-order chi connectivity index (χ1) is 14.2. The second-order valence-electron chi connectivity index (χ2n) is 7.73. The van der Waals surface area contributed by atoms with Gasteiger partial charge in [0.1, 0.15) is 0 Å². The topological polar surface area (TPSA) is 49.4 Å². The molecule has 0 radical (unpaired) electrons. The van der Waals surface area contributed by atoms with Gasteiger partial charge in [0.2, 0.25) is 11.8 Å². The van der Waals surface area contributed by atoms with E-state index in [1.807, 2.05) is 37.3 Å². The quantitative estimate of drug-likeness (QED) is 0.769. The van der Waals surface area contributed by atoms with E-state index >= 15 is 0 Å². The molecule has 0 aliphatic carbocycles. The monoisotopic (exact) mass is 418 g/mol. The van der Waals surface area contributed by atoms with Gasteiger partial charge in [-0.25, -0.2) is 0 Å². The maximum absolute atomic E-state index is 13.1. The molecule has 0 unspecified atom stereocenters. The summed E-state index contributed by atoms with van der Waals surface area (Å²) in [7, 11) is 0. The first kappa shape index (κ1) is 21.9. The Morgan fingerprint density at radius 3 is 2.40 bits per heavy atom. The van der Waals surface area contributed by atoms with Gasteiger partial charge in [0.25, 0.3) is 0 Å². The summed E-state index contributed by atoms with van der Waals surface area (Å²) >= 11 is 0. The number of carbonyl (C=O) groups excluding carboxylic acids is 2. The van der Waals surface area contributed by atoms with E-state index in [1.54, 1.807) is 6.07 Å². The molecule has 30 heavy (non-hydrogen) atoms. The van der Waals surface area contributed by atoms with Gasteiger partial charge in [0.05, 0.1) is 23.6 Å². The molecule has 160 valence electrons. The van der Waals surface area contributed by atoms with E-state index in [0.717, 1.165) is 17.7 Å². The second kappa shape index (κ2) is 8.90. The lowest BCUT2D eigenvalue weighted by Crippen LogP contribution is -2.46. The van der Waals surface area contributed by atoms with Gasteiger partial charge in [-0.2, -0.15) is 13.2 Å². The largest absolute Gasteiger partial charge is 0.416 e. The van der Waals surface area contributed by atoms with Crippen molar-refractivity contribution in [2.24, 2.45) is 5.92 Å². The lowest BCUT2D eigenvalue weighted by Gasteiger charge is -2.39. The van der Waals surface area contributed by atoms with E-state index in [-0.39, 0.29) is 24.4 Å². The fraction of sp³-hybridized carbons (Fsp3) is 0.391. The van der Waals surface area contributed by atoms with E-state index in [9.17, 15) is 22.8 Å². The van der Waals surface area contributed by atoms with Crippen LogP contribution in [-0.4, -0.2) is 23.3 Å². The Kier molecular flexibility index (Phi) is 6.48. The predicted molar refractivity (Wildman–Crippen MR) is 107 cm³/mol. The van der Waals surface area contributed by atoms with Crippen LogP contribution in [0.3, 0.4) is 0 Å². The Morgan fingerprint density at radius 2 is 1.77 bits per heavy atom. The SMILES string of the molecule is CC(=O)N1C[C@H](C(=O)N[C@@H](C)c2ccccc2)CC[C@@H]1c1cccc(C(F)(F)F)c1. The lowest BCUT2D eigenvalue weighted by atomic mass is 9.87. The zero-order chi connectivity index (χ0) is 21.9. The van der Waals surface area contributed by atoms with Gasteiger partial charge in [-0.15, -0.1) is 0 Å². The minimum atomic E-state index is -4.44.